The number of alkyl halides is 1. The summed E-state index contributed by atoms with van der Waals surface area (Å²) in [5.74, 6) is 2.61. The van der Waals surface area contributed by atoms with Gasteiger partial charge in [-0.2, -0.15) is 0 Å². The number of rotatable bonds is 5. The second-order valence-electron chi connectivity index (χ2n) is 7.13. The predicted molar refractivity (Wildman–Crippen MR) is 92.1 cm³/mol. The molecule has 3 rings (SSSR count). The molecule has 2 fully saturated rings. The van der Waals surface area contributed by atoms with Gasteiger partial charge in [-0.3, -0.25) is 0 Å². The molecule has 0 aromatic heterocycles. The molecule has 0 aliphatic heterocycles. The van der Waals surface area contributed by atoms with E-state index in [1.54, 1.807) is 0 Å². The van der Waals surface area contributed by atoms with E-state index in [0.29, 0.717) is 0 Å². The third-order valence-electron chi connectivity index (χ3n) is 6.03. The van der Waals surface area contributed by atoms with Crippen molar-refractivity contribution in [2.75, 3.05) is 0 Å². The van der Waals surface area contributed by atoms with Gasteiger partial charge in [0, 0.05) is 0 Å². The van der Waals surface area contributed by atoms with Crippen molar-refractivity contribution < 1.29 is 0 Å². The minimum atomic E-state index is 0.246. The lowest BCUT2D eigenvalue weighted by molar-refractivity contribution is 0.322. The van der Waals surface area contributed by atoms with Crippen molar-refractivity contribution >= 4 is 11.6 Å². The van der Waals surface area contributed by atoms with Gasteiger partial charge in [-0.25, -0.2) is 0 Å². The molecule has 0 spiro atoms. The third kappa shape index (κ3) is 2.77. The van der Waals surface area contributed by atoms with Crippen LogP contribution in [0.15, 0.2) is 12.1 Å². The van der Waals surface area contributed by atoms with Crippen molar-refractivity contribution in [1.29, 1.82) is 0 Å². The van der Waals surface area contributed by atoms with Crippen LogP contribution in [-0.4, -0.2) is 0 Å². The molecule has 2 saturated carbocycles. The molecular weight excluding hydrogens is 276 g/mol. The number of hydrogen-bond acceptors (Lipinski definition) is 0. The highest BCUT2D eigenvalue weighted by atomic mass is 35.5. The minimum absolute atomic E-state index is 0.246. The van der Waals surface area contributed by atoms with E-state index in [9.17, 15) is 0 Å². The lowest BCUT2D eigenvalue weighted by Crippen LogP contribution is -2.18. The Bertz CT molecular complexity index is 480. The monoisotopic (exact) mass is 304 g/mol. The molecule has 116 valence electrons. The molecular formula is C20H29Cl. The summed E-state index contributed by atoms with van der Waals surface area (Å²) in [7, 11) is 0. The summed E-state index contributed by atoms with van der Waals surface area (Å²) in [5.41, 5.74) is 5.99. The molecule has 2 aliphatic rings. The van der Waals surface area contributed by atoms with Crippen LogP contribution < -0.4 is 0 Å². The first-order chi connectivity index (χ1) is 10.2. The van der Waals surface area contributed by atoms with Crippen LogP contribution in [0.3, 0.4) is 0 Å². The van der Waals surface area contributed by atoms with Crippen LogP contribution in [0.4, 0.5) is 0 Å². The zero-order valence-electron chi connectivity index (χ0n) is 13.8. The molecule has 1 aromatic carbocycles. The average Bonchev–Trinajstić information content (AvgIpc) is 3.15. The fraction of sp³-hybridized carbons (Fsp3) is 0.700. The van der Waals surface area contributed by atoms with E-state index in [1.165, 1.54) is 47.9 Å². The Hall–Kier alpha value is -0.490. The van der Waals surface area contributed by atoms with Crippen molar-refractivity contribution in [3.63, 3.8) is 0 Å². The summed E-state index contributed by atoms with van der Waals surface area (Å²) >= 11 is 7.07. The second-order valence-corrected chi connectivity index (χ2v) is 7.60. The lowest BCUT2D eigenvalue weighted by atomic mass is 9.80. The van der Waals surface area contributed by atoms with Gasteiger partial charge in [-0.15, -0.1) is 11.6 Å². The smallest absolute Gasteiger partial charge is 0.0621 e. The molecule has 0 N–H and O–H groups in total. The van der Waals surface area contributed by atoms with Crippen LogP contribution in [0.5, 0.6) is 0 Å². The topological polar surface area (TPSA) is 0 Å². The van der Waals surface area contributed by atoms with E-state index >= 15 is 0 Å². The van der Waals surface area contributed by atoms with Crippen LogP contribution in [0, 0.1) is 17.8 Å². The molecule has 0 nitrogen and oxygen atoms in total. The SMILES string of the molecule is CCc1cc(CC)c(C(Cl)C2CC3CCC2C3)c(CC)c1. The van der Waals surface area contributed by atoms with Gasteiger partial charge in [0.2, 0.25) is 0 Å². The van der Waals surface area contributed by atoms with Crippen LogP contribution in [0.25, 0.3) is 0 Å². The second kappa shape index (κ2) is 6.32. The van der Waals surface area contributed by atoms with Crippen molar-refractivity contribution in [1.82, 2.24) is 0 Å². The van der Waals surface area contributed by atoms with E-state index in [4.69, 9.17) is 11.6 Å². The van der Waals surface area contributed by atoms with Gasteiger partial charge in [0.25, 0.3) is 0 Å². The van der Waals surface area contributed by atoms with Gasteiger partial charge in [-0.1, -0.05) is 39.3 Å². The quantitative estimate of drug-likeness (QED) is 0.577. The van der Waals surface area contributed by atoms with Crippen molar-refractivity contribution in [3.05, 3.63) is 34.4 Å². The highest BCUT2D eigenvalue weighted by Gasteiger charge is 2.43. The summed E-state index contributed by atoms with van der Waals surface area (Å²) in [6, 6.07) is 4.83. The summed E-state index contributed by atoms with van der Waals surface area (Å²) in [6.45, 7) is 6.81. The normalized spacial score (nSPS) is 29.0. The lowest BCUT2D eigenvalue weighted by Gasteiger charge is -2.30. The molecule has 0 amide bonds. The first-order valence-corrected chi connectivity index (χ1v) is 9.40. The molecule has 21 heavy (non-hydrogen) atoms. The van der Waals surface area contributed by atoms with Gasteiger partial charge in [-0.05, 0) is 78.5 Å². The van der Waals surface area contributed by atoms with E-state index in [-0.39, 0.29) is 5.38 Å². The van der Waals surface area contributed by atoms with Crippen LogP contribution in [0.2, 0.25) is 0 Å². The Balaban J connectivity index is 1.96. The summed E-state index contributed by atoms with van der Waals surface area (Å²) < 4.78 is 0. The van der Waals surface area contributed by atoms with Crippen molar-refractivity contribution in [3.8, 4) is 0 Å². The summed E-state index contributed by atoms with van der Waals surface area (Å²) in [6.07, 6.45) is 9.06. The Labute approximate surface area is 135 Å². The van der Waals surface area contributed by atoms with Gasteiger partial charge in [0.15, 0.2) is 0 Å². The largest absolute Gasteiger partial charge is 0.117 e. The number of benzene rings is 1. The molecule has 2 bridgehead atoms. The summed E-state index contributed by atoms with van der Waals surface area (Å²) in [4.78, 5) is 0. The Morgan fingerprint density at radius 3 is 2.10 bits per heavy atom. The van der Waals surface area contributed by atoms with Gasteiger partial charge in [0.1, 0.15) is 0 Å². The molecule has 1 heteroatoms. The molecule has 0 radical (unpaired) electrons. The molecule has 0 heterocycles. The average molecular weight is 305 g/mol. The van der Waals surface area contributed by atoms with E-state index in [1.807, 2.05) is 0 Å². The van der Waals surface area contributed by atoms with Crippen molar-refractivity contribution in [2.45, 2.75) is 71.1 Å². The highest BCUT2D eigenvalue weighted by Crippen LogP contribution is 2.55. The maximum atomic E-state index is 7.07. The first-order valence-electron chi connectivity index (χ1n) is 8.96. The number of fused-ring (bicyclic) bond motifs is 2. The zero-order valence-corrected chi connectivity index (χ0v) is 14.5. The van der Waals surface area contributed by atoms with E-state index in [0.717, 1.165) is 37.0 Å². The number of aryl methyl sites for hydroxylation is 3. The zero-order chi connectivity index (χ0) is 15.0. The molecule has 4 unspecified atom stereocenters. The van der Waals surface area contributed by atoms with Crippen LogP contribution >= 0.6 is 11.6 Å². The van der Waals surface area contributed by atoms with Crippen LogP contribution in [0.1, 0.15) is 74.1 Å². The fourth-order valence-electron chi connectivity index (χ4n) is 4.86. The Kier molecular flexibility index (Phi) is 4.64. The molecule has 0 saturated heterocycles. The van der Waals surface area contributed by atoms with E-state index < -0.39 is 0 Å². The third-order valence-corrected chi connectivity index (χ3v) is 6.57. The highest BCUT2D eigenvalue weighted by molar-refractivity contribution is 6.21. The molecule has 1 aromatic rings. The number of halogens is 1. The van der Waals surface area contributed by atoms with Gasteiger partial charge >= 0.3 is 0 Å². The Morgan fingerprint density at radius 1 is 1.00 bits per heavy atom. The number of hydrogen-bond donors (Lipinski definition) is 0. The first kappa shape index (κ1) is 15.4. The standard InChI is InChI=1S/C20H29Cl/c1-4-13-9-15(5-2)19(16(6-3)10-13)20(21)18-12-14-7-8-17(18)11-14/h9-10,14,17-18,20H,4-8,11-12H2,1-3H3. The molecule has 2 aliphatic carbocycles. The van der Waals surface area contributed by atoms with E-state index in [2.05, 4.69) is 32.9 Å². The van der Waals surface area contributed by atoms with Crippen LogP contribution in [-0.2, 0) is 19.3 Å². The summed E-state index contributed by atoms with van der Waals surface area (Å²) in [5, 5.41) is 0.246. The van der Waals surface area contributed by atoms with Gasteiger partial charge < -0.3 is 0 Å². The Morgan fingerprint density at radius 2 is 1.67 bits per heavy atom. The van der Waals surface area contributed by atoms with Crippen molar-refractivity contribution in [2.24, 2.45) is 17.8 Å². The minimum Gasteiger partial charge on any atom is -0.117 e. The van der Waals surface area contributed by atoms with Gasteiger partial charge in [0.05, 0.1) is 5.38 Å². The maximum absolute atomic E-state index is 7.07. The molecule has 4 atom stereocenters. The predicted octanol–water partition coefficient (Wildman–Crippen LogP) is 6.09. The fourth-order valence-corrected chi connectivity index (χ4v) is 5.45. The maximum Gasteiger partial charge on any atom is 0.0621 e.